The van der Waals surface area contributed by atoms with Crippen LogP contribution in [0, 0.1) is 17.3 Å². The van der Waals surface area contributed by atoms with Crippen LogP contribution in [0.2, 0.25) is 0 Å². The first-order valence-electron chi connectivity index (χ1n) is 9.43. The second kappa shape index (κ2) is 5.58. The number of nitrogens with two attached hydrogens (primary N) is 1. The smallest absolute Gasteiger partial charge is 0.409 e. The highest BCUT2D eigenvalue weighted by molar-refractivity contribution is 5.79. The zero-order valence-corrected chi connectivity index (χ0v) is 15.0. The Hall–Kier alpha value is -2.33. The molecule has 4 heteroatoms. The molecule has 2 aromatic carbocycles. The number of rotatable bonds is 3. The summed E-state index contributed by atoms with van der Waals surface area (Å²) >= 11 is 0. The van der Waals surface area contributed by atoms with Crippen molar-refractivity contribution < 1.29 is 9.53 Å². The molecule has 1 aliphatic heterocycles. The summed E-state index contributed by atoms with van der Waals surface area (Å²) in [5, 5.41) is 0. The average Bonchev–Trinajstić information content (AvgIpc) is 3.03. The number of nitrogens with zero attached hydrogens (tertiary/aromatic N) is 1. The number of amides is 1. The Kier molecular flexibility index (Phi) is 3.41. The van der Waals surface area contributed by atoms with Gasteiger partial charge >= 0.3 is 6.09 Å². The minimum absolute atomic E-state index is 0.123. The fourth-order valence-electron chi connectivity index (χ4n) is 5.12. The summed E-state index contributed by atoms with van der Waals surface area (Å²) in [4.78, 5) is 14.4. The van der Waals surface area contributed by atoms with Gasteiger partial charge in [0.15, 0.2) is 0 Å². The minimum Gasteiger partial charge on any atom is -0.448 e. The third kappa shape index (κ3) is 2.15. The summed E-state index contributed by atoms with van der Waals surface area (Å²) < 4.78 is 5.75. The summed E-state index contributed by atoms with van der Waals surface area (Å²) in [5.41, 5.74) is 11.1. The molecule has 2 fully saturated rings. The summed E-state index contributed by atoms with van der Waals surface area (Å²) in [6.07, 6.45) is -0.182. The molecule has 2 aliphatic carbocycles. The second-order valence-electron chi connectivity index (χ2n) is 8.13. The van der Waals surface area contributed by atoms with Crippen LogP contribution in [-0.2, 0) is 4.74 Å². The number of carbonyl (C=O) groups is 1. The largest absolute Gasteiger partial charge is 0.448 e. The van der Waals surface area contributed by atoms with Gasteiger partial charge in [-0.25, -0.2) is 4.79 Å². The zero-order valence-electron chi connectivity index (χ0n) is 15.0. The number of likely N-dealkylation sites (tertiary alicyclic amines) is 1. The fraction of sp³-hybridized carbons (Fsp3) is 0.409. The van der Waals surface area contributed by atoms with E-state index in [1.165, 1.54) is 22.3 Å². The highest BCUT2D eigenvalue weighted by Crippen LogP contribution is 2.61. The lowest BCUT2D eigenvalue weighted by Gasteiger charge is -2.24. The second-order valence-corrected chi connectivity index (χ2v) is 8.13. The van der Waals surface area contributed by atoms with Gasteiger partial charge in [0, 0.05) is 19.0 Å². The van der Waals surface area contributed by atoms with Crippen LogP contribution in [-0.4, -0.2) is 37.2 Å². The van der Waals surface area contributed by atoms with Gasteiger partial charge in [0.25, 0.3) is 0 Å². The topological polar surface area (TPSA) is 55.6 Å². The van der Waals surface area contributed by atoms with E-state index in [1.54, 1.807) is 0 Å². The number of ether oxygens (including phenoxy) is 1. The third-order valence-electron chi connectivity index (χ3n) is 6.94. The van der Waals surface area contributed by atoms with Crippen LogP contribution < -0.4 is 5.73 Å². The van der Waals surface area contributed by atoms with Gasteiger partial charge in [-0.05, 0) is 46.0 Å². The highest BCUT2D eigenvalue weighted by atomic mass is 16.6. The monoisotopic (exact) mass is 348 g/mol. The van der Waals surface area contributed by atoms with E-state index < -0.39 is 0 Å². The van der Waals surface area contributed by atoms with Crippen LogP contribution in [0.15, 0.2) is 48.5 Å². The van der Waals surface area contributed by atoms with E-state index in [4.69, 9.17) is 10.5 Å². The SMILES string of the molecule is CC1(CN)C2CN(C(=O)OCC3c4ccccc4-c4ccccc43)CC21. The quantitative estimate of drug-likeness (QED) is 0.924. The molecular formula is C22H24N2O2. The summed E-state index contributed by atoms with van der Waals surface area (Å²) in [5.74, 6) is 1.22. The molecule has 1 amide bonds. The first kappa shape index (κ1) is 15.9. The molecule has 5 rings (SSSR count). The summed E-state index contributed by atoms with van der Waals surface area (Å²) in [7, 11) is 0. The molecule has 1 saturated heterocycles. The molecule has 2 N–H and O–H groups in total. The normalized spacial score (nSPS) is 28.5. The molecule has 0 bridgehead atoms. The molecule has 0 aromatic heterocycles. The first-order chi connectivity index (χ1) is 12.6. The van der Waals surface area contributed by atoms with Crippen molar-refractivity contribution in [3.05, 3.63) is 59.7 Å². The maximum atomic E-state index is 12.6. The maximum absolute atomic E-state index is 12.6. The Bertz CT molecular complexity index is 820. The number of fused-ring (bicyclic) bond motifs is 4. The fourth-order valence-corrected chi connectivity index (χ4v) is 5.12. The van der Waals surface area contributed by atoms with Gasteiger partial charge in [-0.3, -0.25) is 0 Å². The molecular weight excluding hydrogens is 324 g/mol. The minimum atomic E-state index is -0.182. The number of benzene rings is 2. The Morgan fingerprint density at radius 3 is 2.15 bits per heavy atom. The van der Waals surface area contributed by atoms with Crippen molar-refractivity contribution in [3.63, 3.8) is 0 Å². The number of carbonyl (C=O) groups excluding carboxylic acids is 1. The van der Waals surface area contributed by atoms with Gasteiger partial charge in [0.1, 0.15) is 6.61 Å². The molecule has 1 saturated carbocycles. The molecule has 3 aliphatic rings. The molecule has 1 heterocycles. The Morgan fingerprint density at radius 2 is 1.62 bits per heavy atom. The molecule has 4 nitrogen and oxygen atoms in total. The van der Waals surface area contributed by atoms with E-state index in [0.29, 0.717) is 25.0 Å². The predicted octanol–water partition coefficient (Wildman–Crippen LogP) is 3.46. The van der Waals surface area contributed by atoms with E-state index in [-0.39, 0.29) is 17.4 Å². The van der Waals surface area contributed by atoms with Crippen LogP contribution >= 0.6 is 0 Å². The van der Waals surface area contributed by atoms with Crippen molar-refractivity contribution in [2.75, 3.05) is 26.2 Å². The van der Waals surface area contributed by atoms with Crippen molar-refractivity contribution in [1.29, 1.82) is 0 Å². The van der Waals surface area contributed by atoms with Gasteiger partial charge in [-0.1, -0.05) is 55.5 Å². The van der Waals surface area contributed by atoms with Crippen molar-refractivity contribution in [2.24, 2.45) is 23.0 Å². The van der Waals surface area contributed by atoms with Gasteiger partial charge in [0.05, 0.1) is 0 Å². The van der Waals surface area contributed by atoms with Crippen LogP contribution in [0.3, 0.4) is 0 Å². The van der Waals surface area contributed by atoms with E-state index in [9.17, 15) is 4.79 Å². The maximum Gasteiger partial charge on any atom is 0.409 e. The van der Waals surface area contributed by atoms with Gasteiger partial charge in [-0.15, -0.1) is 0 Å². The zero-order chi connectivity index (χ0) is 17.9. The van der Waals surface area contributed by atoms with E-state index in [0.717, 1.165) is 13.1 Å². The Morgan fingerprint density at radius 1 is 1.08 bits per heavy atom. The number of hydrogen-bond donors (Lipinski definition) is 1. The van der Waals surface area contributed by atoms with Gasteiger partial charge < -0.3 is 15.4 Å². The van der Waals surface area contributed by atoms with Crippen LogP contribution in [0.25, 0.3) is 11.1 Å². The van der Waals surface area contributed by atoms with Crippen molar-refractivity contribution in [2.45, 2.75) is 12.8 Å². The molecule has 2 unspecified atom stereocenters. The van der Waals surface area contributed by atoms with Crippen molar-refractivity contribution in [3.8, 4) is 11.1 Å². The summed E-state index contributed by atoms with van der Waals surface area (Å²) in [6, 6.07) is 16.8. The lowest BCUT2D eigenvalue weighted by molar-refractivity contribution is 0.0994. The van der Waals surface area contributed by atoms with Crippen LogP contribution in [0.5, 0.6) is 0 Å². The predicted molar refractivity (Wildman–Crippen MR) is 101 cm³/mol. The van der Waals surface area contributed by atoms with E-state index in [2.05, 4.69) is 55.5 Å². The molecule has 2 aromatic rings. The molecule has 134 valence electrons. The molecule has 0 radical (unpaired) electrons. The van der Waals surface area contributed by atoms with Crippen molar-refractivity contribution in [1.82, 2.24) is 4.90 Å². The van der Waals surface area contributed by atoms with Crippen LogP contribution in [0.4, 0.5) is 4.79 Å². The summed E-state index contributed by atoms with van der Waals surface area (Å²) in [6.45, 7) is 4.91. The lowest BCUT2D eigenvalue weighted by Crippen LogP contribution is -2.36. The first-order valence-corrected chi connectivity index (χ1v) is 9.43. The molecule has 2 atom stereocenters. The van der Waals surface area contributed by atoms with Gasteiger partial charge in [-0.2, -0.15) is 0 Å². The standard InChI is InChI=1S/C22H24N2O2/c1-22(13-23)19-10-24(11-20(19)22)21(25)26-12-18-16-8-4-2-6-14(16)15-7-3-5-9-17(15)18/h2-9,18-20H,10-13,23H2,1H3. The average molecular weight is 348 g/mol. The Labute approximate surface area is 153 Å². The van der Waals surface area contributed by atoms with E-state index >= 15 is 0 Å². The Balaban J connectivity index is 1.29. The van der Waals surface area contributed by atoms with E-state index in [1.807, 2.05) is 4.90 Å². The number of piperidine rings is 1. The number of hydrogen-bond acceptors (Lipinski definition) is 3. The van der Waals surface area contributed by atoms with Gasteiger partial charge in [0.2, 0.25) is 0 Å². The molecule has 0 spiro atoms. The lowest BCUT2D eigenvalue weighted by atomic mass is 9.98. The van der Waals surface area contributed by atoms with Crippen molar-refractivity contribution >= 4 is 6.09 Å². The highest BCUT2D eigenvalue weighted by Gasteiger charge is 2.65. The van der Waals surface area contributed by atoms with Crippen LogP contribution in [0.1, 0.15) is 24.0 Å². The molecule has 26 heavy (non-hydrogen) atoms. The third-order valence-corrected chi connectivity index (χ3v) is 6.94.